The van der Waals surface area contributed by atoms with Gasteiger partial charge in [0, 0.05) is 44.0 Å². The summed E-state index contributed by atoms with van der Waals surface area (Å²) in [6, 6.07) is 67.2. The van der Waals surface area contributed by atoms with E-state index in [-0.39, 0.29) is 0 Å². The van der Waals surface area contributed by atoms with Gasteiger partial charge in [-0.2, -0.15) is 0 Å². The van der Waals surface area contributed by atoms with E-state index < -0.39 is 0 Å². The average Bonchev–Trinajstić information content (AvgIpc) is 3.72. The second-order valence-corrected chi connectivity index (χ2v) is 12.8. The lowest BCUT2D eigenvalue weighted by molar-refractivity contribution is 1.17. The minimum absolute atomic E-state index is 0.959. The third-order valence-electron chi connectivity index (χ3n) is 9.89. The molecule has 3 heteroatoms. The maximum absolute atomic E-state index is 5.13. The fourth-order valence-corrected chi connectivity index (χ4v) is 7.67. The van der Waals surface area contributed by atoms with Crippen molar-refractivity contribution in [2.45, 2.75) is 0 Å². The Morgan fingerprint density at radius 1 is 0.320 bits per heavy atom. The van der Waals surface area contributed by atoms with E-state index in [9.17, 15) is 0 Å². The highest BCUT2D eigenvalue weighted by Gasteiger charge is 2.21. The number of para-hydroxylation sites is 3. The van der Waals surface area contributed by atoms with Crippen molar-refractivity contribution in [2.24, 2.45) is 0 Å². The summed E-state index contributed by atoms with van der Waals surface area (Å²) in [7, 11) is 0. The zero-order chi connectivity index (χ0) is 33.0. The number of rotatable bonds is 5. The highest BCUT2D eigenvalue weighted by atomic mass is 15.0. The highest BCUT2D eigenvalue weighted by molar-refractivity contribution is 6.26. The van der Waals surface area contributed by atoms with E-state index >= 15 is 0 Å². The molecule has 0 saturated carbocycles. The molecule has 0 aliphatic heterocycles. The molecule has 0 N–H and O–H groups in total. The number of hydrogen-bond acceptors (Lipinski definition) is 1. The summed E-state index contributed by atoms with van der Waals surface area (Å²) in [5, 5.41) is 5.01. The monoisotopic (exact) mass is 637 g/mol. The maximum Gasteiger partial charge on any atom is 0.0715 e. The molecule has 0 aliphatic rings. The average molecular weight is 638 g/mol. The molecule has 10 rings (SSSR count). The smallest absolute Gasteiger partial charge is 0.0715 e. The van der Waals surface area contributed by atoms with Crippen LogP contribution in [0.25, 0.3) is 88.6 Å². The first-order chi connectivity index (χ1) is 24.8. The molecule has 0 bridgehead atoms. The second-order valence-electron chi connectivity index (χ2n) is 12.8. The van der Waals surface area contributed by atoms with Crippen LogP contribution in [-0.2, 0) is 0 Å². The van der Waals surface area contributed by atoms with E-state index in [4.69, 9.17) is 4.98 Å². The summed E-state index contributed by atoms with van der Waals surface area (Å²) in [5.41, 5.74) is 13.5. The Balaban J connectivity index is 1.23. The molecule has 0 saturated heterocycles. The molecular formula is C47H31N3. The molecule has 0 fully saturated rings. The lowest BCUT2D eigenvalue weighted by Gasteiger charge is -2.13. The van der Waals surface area contributed by atoms with Crippen LogP contribution in [-0.4, -0.2) is 14.1 Å². The maximum atomic E-state index is 5.13. The third kappa shape index (κ3) is 4.48. The van der Waals surface area contributed by atoms with Gasteiger partial charge < -0.3 is 9.13 Å². The van der Waals surface area contributed by atoms with Crippen LogP contribution in [0.1, 0.15) is 0 Å². The molecule has 0 amide bonds. The van der Waals surface area contributed by atoms with E-state index in [0.717, 1.165) is 45.0 Å². The third-order valence-corrected chi connectivity index (χ3v) is 9.89. The van der Waals surface area contributed by atoms with Crippen LogP contribution in [0, 0.1) is 0 Å². The number of nitrogens with zero attached hydrogens (tertiary/aromatic N) is 3. The van der Waals surface area contributed by atoms with Crippen molar-refractivity contribution in [1.82, 2.24) is 14.1 Å². The fourth-order valence-electron chi connectivity index (χ4n) is 7.67. The van der Waals surface area contributed by atoms with Crippen molar-refractivity contribution in [3.05, 3.63) is 188 Å². The van der Waals surface area contributed by atoms with Crippen LogP contribution in [0.5, 0.6) is 0 Å². The van der Waals surface area contributed by atoms with Crippen LogP contribution < -0.4 is 0 Å². The minimum Gasteiger partial charge on any atom is -0.309 e. The second kappa shape index (κ2) is 11.5. The first-order valence-electron chi connectivity index (χ1n) is 17.1. The number of pyridine rings is 1. The normalized spacial score (nSPS) is 11.6. The molecule has 0 radical (unpaired) electrons. The molecule has 3 nitrogen and oxygen atoms in total. The van der Waals surface area contributed by atoms with Gasteiger partial charge in [0.05, 0.1) is 33.5 Å². The van der Waals surface area contributed by atoms with Crippen LogP contribution in [0.4, 0.5) is 0 Å². The first kappa shape index (κ1) is 28.3. The van der Waals surface area contributed by atoms with Crippen molar-refractivity contribution >= 4 is 43.6 Å². The summed E-state index contributed by atoms with van der Waals surface area (Å²) in [5.74, 6) is 0. The highest BCUT2D eigenvalue weighted by Crippen LogP contribution is 2.42. The molecule has 234 valence electrons. The predicted molar refractivity (Wildman–Crippen MR) is 209 cm³/mol. The summed E-state index contributed by atoms with van der Waals surface area (Å²) in [4.78, 5) is 5.13. The Morgan fingerprint density at radius 2 is 0.860 bits per heavy atom. The molecule has 0 atom stereocenters. The van der Waals surface area contributed by atoms with Gasteiger partial charge in [-0.25, -0.2) is 4.98 Å². The van der Waals surface area contributed by atoms with Crippen molar-refractivity contribution in [3.8, 4) is 45.0 Å². The molecule has 10 aromatic rings. The van der Waals surface area contributed by atoms with Crippen LogP contribution in [0.2, 0.25) is 0 Å². The van der Waals surface area contributed by atoms with Crippen molar-refractivity contribution in [3.63, 3.8) is 0 Å². The van der Waals surface area contributed by atoms with Gasteiger partial charge in [-0.15, -0.1) is 0 Å². The lowest BCUT2D eigenvalue weighted by Crippen LogP contribution is -1.96. The number of hydrogen-bond donors (Lipinski definition) is 0. The van der Waals surface area contributed by atoms with Crippen molar-refractivity contribution in [2.75, 3.05) is 0 Å². The molecule has 50 heavy (non-hydrogen) atoms. The molecular weight excluding hydrogens is 607 g/mol. The molecule has 7 aromatic carbocycles. The minimum atomic E-state index is 0.959. The topological polar surface area (TPSA) is 22.8 Å². The summed E-state index contributed by atoms with van der Waals surface area (Å²) in [6.07, 6.45) is 0. The van der Waals surface area contributed by atoms with Crippen LogP contribution in [0.15, 0.2) is 188 Å². The van der Waals surface area contributed by atoms with E-state index in [0.29, 0.717) is 0 Å². The number of benzene rings is 7. The molecule has 0 spiro atoms. The summed E-state index contributed by atoms with van der Waals surface area (Å²) < 4.78 is 4.87. The Kier molecular flexibility index (Phi) is 6.49. The Morgan fingerprint density at radius 3 is 1.54 bits per heavy atom. The van der Waals surface area contributed by atoms with Gasteiger partial charge >= 0.3 is 0 Å². The zero-order valence-electron chi connectivity index (χ0n) is 27.2. The molecule has 0 unspecified atom stereocenters. The number of aromatic nitrogens is 3. The van der Waals surface area contributed by atoms with Gasteiger partial charge in [-0.3, -0.25) is 0 Å². The SMILES string of the molecule is c1ccc(-c2cc(-c3cccc(-n4c5ccccc5c5c4ccc4c6ccccc6n(-c6ccccc6)c45)c3)cc(-c3ccccc3)n2)cc1. The Bertz CT molecular complexity index is 2790. The van der Waals surface area contributed by atoms with Gasteiger partial charge in [0.15, 0.2) is 0 Å². The zero-order valence-corrected chi connectivity index (χ0v) is 27.2. The Hall–Kier alpha value is -6.71. The first-order valence-corrected chi connectivity index (χ1v) is 17.1. The van der Waals surface area contributed by atoms with Gasteiger partial charge in [0.1, 0.15) is 0 Å². The van der Waals surface area contributed by atoms with Gasteiger partial charge in [0.25, 0.3) is 0 Å². The van der Waals surface area contributed by atoms with Gasteiger partial charge in [-0.1, -0.05) is 133 Å². The van der Waals surface area contributed by atoms with E-state index in [1.165, 1.54) is 43.6 Å². The standard InChI is InChI=1S/C47H31N3/c1-4-15-32(16-5-1)41-30-35(31-42(48-41)33-17-6-2-7-18-33)34-19-14-22-37(29-34)49-44-26-13-11-24-40(44)46-45(49)28-27-39-38-23-10-12-25-43(38)50(47(39)46)36-20-8-3-9-21-36/h1-31H. The van der Waals surface area contributed by atoms with Crippen LogP contribution in [0.3, 0.4) is 0 Å². The predicted octanol–water partition coefficient (Wildman–Crippen LogP) is 12.3. The van der Waals surface area contributed by atoms with Gasteiger partial charge in [0.2, 0.25) is 0 Å². The summed E-state index contributed by atoms with van der Waals surface area (Å²) >= 11 is 0. The van der Waals surface area contributed by atoms with Crippen LogP contribution >= 0.6 is 0 Å². The van der Waals surface area contributed by atoms with Crippen molar-refractivity contribution < 1.29 is 0 Å². The van der Waals surface area contributed by atoms with E-state index in [2.05, 4.69) is 185 Å². The fraction of sp³-hybridized carbons (Fsp3) is 0. The van der Waals surface area contributed by atoms with E-state index in [1.54, 1.807) is 0 Å². The quantitative estimate of drug-likeness (QED) is 0.184. The molecule has 3 heterocycles. The Labute approximate surface area is 290 Å². The molecule has 3 aromatic heterocycles. The molecule has 0 aliphatic carbocycles. The largest absolute Gasteiger partial charge is 0.309 e. The number of fused-ring (bicyclic) bond motifs is 7. The van der Waals surface area contributed by atoms with E-state index in [1.807, 2.05) is 12.1 Å². The van der Waals surface area contributed by atoms with Gasteiger partial charge in [-0.05, 0) is 65.7 Å². The lowest BCUT2D eigenvalue weighted by atomic mass is 9.99. The summed E-state index contributed by atoms with van der Waals surface area (Å²) in [6.45, 7) is 0. The van der Waals surface area contributed by atoms with Crippen molar-refractivity contribution in [1.29, 1.82) is 0 Å².